The van der Waals surface area contributed by atoms with Gasteiger partial charge in [0.15, 0.2) is 11.0 Å². The molecule has 5 nitrogen and oxygen atoms in total. The summed E-state index contributed by atoms with van der Waals surface area (Å²) in [4.78, 5) is 12.5. The lowest BCUT2D eigenvalue weighted by Crippen LogP contribution is -2.15. The van der Waals surface area contributed by atoms with Gasteiger partial charge in [0.1, 0.15) is 5.82 Å². The highest BCUT2D eigenvalue weighted by molar-refractivity contribution is 9.10. The summed E-state index contributed by atoms with van der Waals surface area (Å²) < 4.78 is 16.1. The van der Waals surface area contributed by atoms with E-state index in [0.29, 0.717) is 32.4 Å². The SMILES string of the molecule is O=C(CSc1nnc(-c2ccc(Cl)cc2)n1-c1ccc(F)cc1)Nc1ccc(Br)cc1Cl. The number of hydrogen-bond acceptors (Lipinski definition) is 4. The third-order valence-electron chi connectivity index (χ3n) is 4.36. The molecule has 0 radical (unpaired) electrons. The second kappa shape index (κ2) is 10.0. The van der Waals surface area contributed by atoms with Crippen molar-refractivity contribution < 1.29 is 9.18 Å². The summed E-state index contributed by atoms with van der Waals surface area (Å²) in [5.74, 6) is 0.0228. The Morgan fingerprint density at radius 1 is 1.03 bits per heavy atom. The molecular formula is C22H14BrCl2FN4OS. The Balaban J connectivity index is 1.60. The molecule has 0 spiro atoms. The number of anilines is 1. The van der Waals surface area contributed by atoms with Crippen molar-refractivity contribution in [2.75, 3.05) is 11.1 Å². The number of thioether (sulfide) groups is 1. The number of amides is 1. The fraction of sp³-hybridized carbons (Fsp3) is 0.0455. The third kappa shape index (κ3) is 5.32. The third-order valence-corrected chi connectivity index (χ3v) is 6.35. The lowest BCUT2D eigenvalue weighted by atomic mass is 10.2. The van der Waals surface area contributed by atoms with E-state index in [0.717, 1.165) is 10.0 Å². The fourth-order valence-corrected chi connectivity index (χ4v) is 4.48. The molecule has 1 N–H and O–H groups in total. The van der Waals surface area contributed by atoms with Gasteiger partial charge in [0.2, 0.25) is 5.91 Å². The van der Waals surface area contributed by atoms with Crippen LogP contribution in [0.3, 0.4) is 0 Å². The second-order valence-corrected chi connectivity index (χ2v) is 9.29. The molecule has 0 saturated carbocycles. The standard InChI is InChI=1S/C22H14BrCl2FN4OS/c23-14-3-10-19(18(25)11-14)27-20(31)12-32-22-29-28-21(13-1-4-15(24)5-2-13)30(22)17-8-6-16(26)7-9-17/h1-11H,12H2,(H,27,31). The van der Waals surface area contributed by atoms with Gasteiger partial charge < -0.3 is 5.32 Å². The Bertz CT molecular complexity index is 1270. The maximum absolute atomic E-state index is 13.5. The first-order valence-electron chi connectivity index (χ1n) is 9.26. The van der Waals surface area contributed by atoms with Gasteiger partial charge in [0, 0.05) is 20.7 Å². The molecule has 10 heteroatoms. The average molecular weight is 552 g/mol. The molecule has 0 fully saturated rings. The lowest BCUT2D eigenvalue weighted by Gasteiger charge is -2.11. The van der Waals surface area contributed by atoms with Crippen LogP contribution in [0.25, 0.3) is 17.1 Å². The van der Waals surface area contributed by atoms with Crippen LogP contribution in [0.15, 0.2) is 76.4 Å². The summed E-state index contributed by atoms with van der Waals surface area (Å²) in [6, 6.07) is 18.3. The predicted octanol–water partition coefficient (Wildman–Crippen LogP) is 6.87. The maximum atomic E-state index is 13.5. The number of halogens is 4. The molecule has 1 heterocycles. The summed E-state index contributed by atoms with van der Waals surface area (Å²) in [5.41, 5.74) is 1.96. The quantitative estimate of drug-likeness (QED) is 0.265. The number of aromatic nitrogens is 3. The Labute approximate surface area is 206 Å². The monoisotopic (exact) mass is 550 g/mol. The Morgan fingerprint density at radius 2 is 1.75 bits per heavy atom. The molecule has 1 amide bonds. The van der Waals surface area contributed by atoms with Crippen LogP contribution >= 0.6 is 50.9 Å². The van der Waals surface area contributed by atoms with Crippen molar-refractivity contribution in [2.24, 2.45) is 0 Å². The second-order valence-electron chi connectivity index (χ2n) is 6.59. The van der Waals surface area contributed by atoms with E-state index in [1.807, 2.05) is 12.1 Å². The summed E-state index contributed by atoms with van der Waals surface area (Å²) in [7, 11) is 0. The van der Waals surface area contributed by atoms with E-state index in [9.17, 15) is 9.18 Å². The molecule has 162 valence electrons. The van der Waals surface area contributed by atoms with Gasteiger partial charge in [-0.1, -0.05) is 50.9 Å². The molecule has 4 aromatic rings. The molecule has 0 atom stereocenters. The van der Waals surface area contributed by atoms with Gasteiger partial charge in [-0.05, 0) is 66.7 Å². The molecule has 0 saturated heterocycles. The van der Waals surface area contributed by atoms with Crippen LogP contribution in [0.1, 0.15) is 0 Å². The minimum Gasteiger partial charge on any atom is -0.324 e. The van der Waals surface area contributed by atoms with E-state index in [-0.39, 0.29) is 17.5 Å². The molecule has 0 aliphatic rings. The molecule has 32 heavy (non-hydrogen) atoms. The van der Waals surface area contributed by atoms with Crippen molar-refractivity contribution in [3.8, 4) is 17.1 Å². The van der Waals surface area contributed by atoms with Gasteiger partial charge in [-0.2, -0.15) is 0 Å². The zero-order chi connectivity index (χ0) is 22.7. The first-order chi connectivity index (χ1) is 15.4. The maximum Gasteiger partial charge on any atom is 0.234 e. The van der Waals surface area contributed by atoms with E-state index < -0.39 is 0 Å². The first kappa shape index (κ1) is 22.8. The van der Waals surface area contributed by atoms with Crippen LogP contribution in [-0.4, -0.2) is 26.4 Å². The van der Waals surface area contributed by atoms with Crippen molar-refractivity contribution in [3.05, 3.63) is 87.1 Å². The first-order valence-corrected chi connectivity index (χ1v) is 11.8. The van der Waals surface area contributed by atoms with Gasteiger partial charge in [-0.3, -0.25) is 9.36 Å². The number of carbonyl (C=O) groups is 1. The highest BCUT2D eigenvalue weighted by atomic mass is 79.9. The minimum absolute atomic E-state index is 0.0757. The molecule has 0 unspecified atom stereocenters. The summed E-state index contributed by atoms with van der Waals surface area (Å²) in [5, 5.41) is 12.9. The smallest absolute Gasteiger partial charge is 0.234 e. The van der Waals surface area contributed by atoms with Gasteiger partial charge in [0.25, 0.3) is 0 Å². The lowest BCUT2D eigenvalue weighted by molar-refractivity contribution is -0.113. The van der Waals surface area contributed by atoms with E-state index in [4.69, 9.17) is 23.2 Å². The molecule has 0 bridgehead atoms. The van der Waals surface area contributed by atoms with Crippen LogP contribution in [0.4, 0.5) is 10.1 Å². The number of benzene rings is 3. The topological polar surface area (TPSA) is 59.8 Å². The minimum atomic E-state index is -0.352. The Hall–Kier alpha value is -2.39. The number of nitrogens with zero attached hydrogens (tertiary/aromatic N) is 3. The fourth-order valence-electron chi connectivity index (χ4n) is 2.88. The molecule has 1 aromatic heterocycles. The van der Waals surface area contributed by atoms with E-state index in [1.54, 1.807) is 47.0 Å². The van der Waals surface area contributed by atoms with Crippen LogP contribution < -0.4 is 5.32 Å². The number of hydrogen-bond donors (Lipinski definition) is 1. The van der Waals surface area contributed by atoms with E-state index in [1.165, 1.54) is 23.9 Å². The van der Waals surface area contributed by atoms with Gasteiger partial charge in [-0.15, -0.1) is 10.2 Å². The summed E-state index contributed by atoms with van der Waals surface area (Å²) in [6.45, 7) is 0. The molecular weight excluding hydrogens is 538 g/mol. The normalized spacial score (nSPS) is 10.9. The highest BCUT2D eigenvalue weighted by Crippen LogP contribution is 2.30. The molecule has 0 aliphatic heterocycles. The van der Waals surface area contributed by atoms with Crippen molar-refractivity contribution in [1.82, 2.24) is 14.8 Å². The number of carbonyl (C=O) groups excluding carboxylic acids is 1. The molecule has 4 rings (SSSR count). The van der Waals surface area contributed by atoms with Crippen LogP contribution in [0, 0.1) is 5.82 Å². The van der Waals surface area contributed by atoms with Crippen molar-refractivity contribution in [3.63, 3.8) is 0 Å². The largest absolute Gasteiger partial charge is 0.324 e. The zero-order valence-corrected chi connectivity index (χ0v) is 20.1. The van der Waals surface area contributed by atoms with Crippen LogP contribution in [-0.2, 0) is 4.79 Å². The van der Waals surface area contributed by atoms with Crippen molar-refractivity contribution in [1.29, 1.82) is 0 Å². The number of nitrogens with one attached hydrogen (secondary N) is 1. The Morgan fingerprint density at radius 3 is 2.44 bits per heavy atom. The zero-order valence-electron chi connectivity index (χ0n) is 16.2. The van der Waals surface area contributed by atoms with Crippen LogP contribution in [0.5, 0.6) is 0 Å². The van der Waals surface area contributed by atoms with Crippen LogP contribution in [0.2, 0.25) is 10.0 Å². The van der Waals surface area contributed by atoms with Gasteiger partial charge in [0.05, 0.1) is 16.5 Å². The molecule has 0 aliphatic carbocycles. The van der Waals surface area contributed by atoms with Crippen molar-refractivity contribution in [2.45, 2.75) is 5.16 Å². The van der Waals surface area contributed by atoms with Gasteiger partial charge in [-0.25, -0.2) is 4.39 Å². The highest BCUT2D eigenvalue weighted by Gasteiger charge is 2.18. The summed E-state index contributed by atoms with van der Waals surface area (Å²) in [6.07, 6.45) is 0. The van der Waals surface area contributed by atoms with Gasteiger partial charge >= 0.3 is 0 Å². The van der Waals surface area contributed by atoms with Crippen molar-refractivity contribution >= 4 is 62.5 Å². The number of rotatable bonds is 6. The summed E-state index contributed by atoms with van der Waals surface area (Å²) >= 11 is 16.7. The van der Waals surface area contributed by atoms with E-state index in [2.05, 4.69) is 31.4 Å². The predicted molar refractivity (Wildman–Crippen MR) is 130 cm³/mol. The average Bonchev–Trinajstić information content (AvgIpc) is 3.19. The van der Waals surface area contributed by atoms with E-state index >= 15 is 0 Å². The Kier molecular flexibility index (Phi) is 7.15. The molecule has 3 aromatic carbocycles.